The van der Waals surface area contributed by atoms with Crippen molar-refractivity contribution < 1.29 is 22.1 Å². The quantitative estimate of drug-likeness (QED) is 0.142. The molecule has 0 fully saturated rings. The van der Waals surface area contributed by atoms with Crippen molar-refractivity contribution in [3.8, 4) is 0 Å². The lowest BCUT2D eigenvalue weighted by atomic mass is 10.1. The molecule has 0 radical (unpaired) electrons. The molecule has 130 heavy (non-hydrogen) atoms. The number of aromatic amines is 2. The van der Waals surface area contributed by atoms with E-state index in [1.54, 1.807) is 106 Å². The molecule has 17 heterocycles. The molecular weight excluding hydrogens is 1770 g/mol. The number of allylic oxidation sites excluding steroid dienone is 2. The van der Waals surface area contributed by atoms with Crippen LogP contribution in [0.3, 0.4) is 0 Å². The Labute approximate surface area is 781 Å². The highest BCUT2D eigenvalue weighted by Gasteiger charge is 2.16. The van der Waals surface area contributed by atoms with E-state index in [1.807, 2.05) is 177 Å². The van der Waals surface area contributed by atoms with Crippen LogP contribution in [0.1, 0.15) is 22.6 Å². The van der Waals surface area contributed by atoms with E-state index in [1.165, 1.54) is 145 Å². The van der Waals surface area contributed by atoms with E-state index < -0.39 is 0 Å². The summed E-state index contributed by atoms with van der Waals surface area (Å²) in [6, 6.07) is 109. The summed E-state index contributed by atoms with van der Waals surface area (Å²) in [5.74, 6) is 1.03. The number of pyridine rings is 1. The second kappa shape index (κ2) is 40.4. The number of thiazole rings is 3. The Balaban J connectivity index is 0.0000000909. The molecule has 17 aromatic heterocycles. The van der Waals surface area contributed by atoms with Crippen LogP contribution >= 0.6 is 102 Å². The average Bonchev–Trinajstić information content (AvgIpc) is 1.61. The topological polar surface area (TPSA) is 149 Å². The van der Waals surface area contributed by atoms with Gasteiger partial charge in [-0.15, -0.1) is 102 Å². The number of hydrogen-bond acceptors (Lipinski definition) is 18. The largest absolute Gasteiger partial charge is 0.465 e. The number of fused-ring (bicyclic) bond motifs is 25. The van der Waals surface area contributed by atoms with Gasteiger partial charge in [0.1, 0.15) is 22.5 Å². The number of H-pyrrole nitrogens is 2. The first kappa shape index (κ1) is 83.9. The maximum atomic E-state index is 5.65. The van der Waals surface area contributed by atoms with Crippen molar-refractivity contribution in [1.82, 2.24) is 29.9 Å². The van der Waals surface area contributed by atoms with Gasteiger partial charge in [-0.05, 0) is 177 Å². The molecule has 2 aliphatic carbocycles. The van der Waals surface area contributed by atoms with E-state index in [9.17, 15) is 0 Å². The smallest absolute Gasteiger partial charge is 0.172 e. The van der Waals surface area contributed by atoms with Gasteiger partial charge in [0.2, 0.25) is 0 Å². The van der Waals surface area contributed by atoms with Crippen molar-refractivity contribution in [2.24, 2.45) is 0 Å². The number of hydrogen-bond donors (Lipinski definition) is 2. The zero-order valence-electron chi connectivity index (χ0n) is 69.3. The standard InChI is InChI=1S/C22H12S2.C14H8S2.C13H9N.C12H8O.C8H7N.C8H6O.C7H7N.C7H6O.C6H4O2.C6H4S2.C4H2N2S2.C3H3NS/c1-3-7-15-11-19-17(9-13(15)5-1)21-22(23-19)18-10-14-6-2-4-8-16(14)12-20(18)24-21;1-3-7-11-9(5-1)13-14(15-11)10-6-2-4-8-12(10)16-13;1-2-6-12-10(4-1)7-8-11-5-3-9-14-13(11)12;1-3-7-11-9(5-1)10-6-2-4-8-12(10)13-11;2*1-2-4-8-7(3-1)5-6-9-8;2*1-2-6-4-5-8-7(6)3-1;2*1-3-7-6-2-4-8-5(1)6;1-5-3-4(7-1)6-2-8-3;1-2-5-3-4-1/h1-12H;1-8H;1-9H;1-8H;1-6,9H;1-6H;1,3-5,8H,2H2;1,3-5H,2H2;2*1-4H;1-2H;1-3H. The van der Waals surface area contributed by atoms with Gasteiger partial charge in [0.15, 0.2) is 20.8 Å². The molecule has 29 aromatic rings. The Morgan fingerprint density at radius 3 is 1.35 bits per heavy atom. The number of para-hydroxylation sites is 4. The maximum absolute atomic E-state index is 5.65. The molecule has 2 aliphatic rings. The second-order valence-electron chi connectivity index (χ2n) is 29.7. The van der Waals surface area contributed by atoms with Gasteiger partial charge in [0.05, 0.1) is 65.9 Å². The van der Waals surface area contributed by atoms with Gasteiger partial charge in [-0.1, -0.05) is 212 Å². The number of rotatable bonds is 0. The number of thiophene rings is 6. The van der Waals surface area contributed by atoms with Gasteiger partial charge in [0, 0.05) is 136 Å². The highest BCUT2D eigenvalue weighted by molar-refractivity contribution is 7.37. The lowest BCUT2D eigenvalue weighted by molar-refractivity contribution is 0.556. The van der Waals surface area contributed by atoms with E-state index in [2.05, 4.69) is 271 Å². The summed E-state index contributed by atoms with van der Waals surface area (Å²) < 4.78 is 40.0. The van der Waals surface area contributed by atoms with Crippen LogP contribution in [-0.2, 0) is 12.8 Å². The fourth-order valence-corrected chi connectivity index (χ4v) is 24.3. The summed E-state index contributed by atoms with van der Waals surface area (Å²) in [5.41, 5.74) is 16.2. The van der Waals surface area contributed by atoms with Crippen molar-refractivity contribution in [3.05, 3.63) is 433 Å². The molecule has 0 spiro atoms. The zero-order chi connectivity index (χ0) is 87.0. The van der Waals surface area contributed by atoms with Gasteiger partial charge < -0.3 is 32.1 Å². The molecule has 0 bridgehead atoms. The fourth-order valence-electron chi connectivity index (χ4n) is 15.3. The molecule has 0 aliphatic heterocycles. The fraction of sp³-hybridized carbons (Fsp3) is 0.0182. The first-order valence-electron chi connectivity index (χ1n) is 41.8. The molecule has 12 aromatic carbocycles. The molecule has 20 heteroatoms. The molecule has 2 N–H and O–H groups in total. The first-order chi connectivity index (χ1) is 64.5. The van der Waals surface area contributed by atoms with Crippen LogP contribution in [0.25, 0.3) is 189 Å². The third kappa shape index (κ3) is 19.3. The lowest BCUT2D eigenvalue weighted by Gasteiger charge is -2.01. The van der Waals surface area contributed by atoms with Crippen molar-refractivity contribution in [2.45, 2.75) is 12.8 Å². The molecule has 31 rings (SSSR count). The maximum Gasteiger partial charge on any atom is 0.172 e. The van der Waals surface area contributed by atoms with E-state index in [4.69, 9.17) is 22.1 Å². The number of nitrogens with one attached hydrogen (secondary N) is 2. The van der Waals surface area contributed by atoms with Crippen LogP contribution < -0.4 is 0 Å². The summed E-state index contributed by atoms with van der Waals surface area (Å²) >= 11 is 16.1. The Morgan fingerprint density at radius 1 is 0.285 bits per heavy atom. The second-order valence-corrected chi connectivity index (χ2v) is 38.2. The molecule has 0 saturated heterocycles. The van der Waals surface area contributed by atoms with Crippen LogP contribution in [0.4, 0.5) is 0 Å². The molecule has 0 atom stereocenters. The number of aromatic nitrogens is 6. The van der Waals surface area contributed by atoms with Gasteiger partial charge in [0.25, 0.3) is 0 Å². The third-order valence-electron chi connectivity index (χ3n) is 21.5. The SMILES string of the molecule is C1=Cc2[nH]ccc2C1.C1=Cc2occc2C1.c1cc2occc2o1.c1cc2sccc2s1.c1ccc2[nH]ccc2c1.c1ccc2c(c1)ccc1cccnc12.c1ccc2c(c1)oc1ccccc12.c1ccc2c(c1)sc1c3ccccc3sc21.c1ccc2cc3c(cc2c1)sc1c2cc4ccccc4cc2sc31.c1ccc2occc2c1.c1cscn1.c1nc2scnc2s1. The van der Waals surface area contributed by atoms with Crippen LogP contribution in [0, 0.1) is 0 Å². The Morgan fingerprint density at radius 2 is 0.769 bits per heavy atom. The van der Waals surface area contributed by atoms with Crippen LogP contribution in [-0.4, -0.2) is 29.9 Å². The average molecular weight is 1850 g/mol. The van der Waals surface area contributed by atoms with E-state index >= 15 is 0 Å². The minimum atomic E-state index is 0.810. The van der Waals surface area contributed by atoms with E-state index in [0.29, 0.717) is 0 Å². The predicted molar refractivity (Wildman–Crippen MR) is 562 cm³/mol. The summed E-state index contributed by atoms with van der Waals surface area (Å²) in [4.78, 5) is 24.6. The first-order valence-corrected chi connectivity index (χ1v) is 49.5. The minimum Gasteiger partial charge on any atom is -0.465 e. The lowest BCUT2D eigenvalue weighted by Crippen LogP contribution is -1.79. The molecule has 0 saturated carbocycles. The summed E-state index contributed by atoms with van der Waals surface area (Å²) in [5, 5.41) is 25.6. The van der Waals surface area contributed by atoms with Gasteiger partial charge >= 0.3 is 0 Å². The van der Waals surface area contributed by atoms with Crippen molar-refractivity contribution in [1.29, 1.82) is 0 Å². The van der Waals surface area contributed by atoms with Crippen LogP contribution in [0.5, 0.6) is 0 Å². The predicted octanol–water partition coefficient (Wildman–Crippen LogP) is 35.7. The zero-order valence-corrected chi connectivity index (χ0v) is 76.7. The Hall–Kier alpha value is -14.3. The van der Waals surface area contributed by atoms with E-state index in [0.717, 1.165) is 67.1 Å². The summed E-state index contributed by atoms with van der Waals surface area (Å²) in [6.45, 7) is 0. The van der Waals surface area contributed by atoms with E-state index in [-0.39, 0.29) is 0 Å². The van der Waals surface area contributed by atoms with Crippen LogP contribution in [0.2, 0.25) is 0 Å². The highest BCUT2D eigenvalue weighted by Crippen LogP contribution is 2.47. The van der Waals surface area contributed by atoms with Crippen molar-refractivity contribution in [3.63, 3.8) is 0 Å². The van der Waals surface area contributed by atoms with Gasteiger partial charge in [-0.25, -0.2) is 9.97 Å². The Bertz CT molecular complexity index is 8030. The number of nitrogens with zero attached hydrogens (tertiary/aromatic N) is 4. The van der Waals surface area contributed by atoms with Crippen LogP contribution in [0.15, 0.2) is 432 Å². The Kier molecular flexibility index (Phi) is 26.1. The molecule has 630 valence electrons. The van der Waals surface area contributed by atoms with Gasteiger partial charge in [-0.3, -0.25) is 9.97 Å². The number of furan rings is 5. The van der Waals surface area contributed by atoms with Crippen molar-refractivity contribution >= 4 is 291 Å². The van der Waals surface area contributed by atoms with Gasteiger partial charge in [-0.2, -0.15) is 0 Å². The normalized spacial score (nSPS) is 11.4. The molecule has 0 amide bonds. The summed E-state index contributed by atoms with van der Waals surface area (Å²) in [6.07, 6.45) is 24.7. The monoisotopic (exact) mass is 1850 g/mol. The number of benzene rings is 12. The highest BCUT2D eigenvalue weighted by atomic mass is 32.1. The van der Waals surface area contributed by atoms with Crippen molar-refractivity contribution in [2.75, 3.05) is 0 Å². The molecule has 0 unspecified atom stereocenters. The molecular formula is C110H76N6O5S9. The minimum absolute atomic E-state index is 0.810. The summed E-state index contributed by atoms with van der Waals surface area (Å²) in [7, 11) is 0. The third-order valence-corrected chi connectivity index (χ3v) is 30.6. The molecule has 11 nitrogen and oxygen atoms in total.